The van der Waals surface area contributed by atoms with Crippen molar-refractivity contribution in [1.29, 1.82) is 0 Å². The van der Waals surface area contributed by atoms with Gasteiger partial charge in [-0.25, -0.2) is 4.39 Å². The van der Waals surface area contributed by atoms with Gasteiger partial charge in [0.05, 0.1) is 11.5 Å². The number of benzene rings is 1. The number of nitrogens with zero attached hydrogens (tertiary/aromatic N) is 1. The fourth-order valence-corrected chi connectivity index (χ4v) is 1.69. The fourth-order valence-electron chi connectivity index (χ4n) is 1.69. The third kappa shape index (κ3) is 5.31. The van der Waals surface area contributed by atoms with E-state index in [9.17, 15) is 19.3 Å². The summed E-state index contributed by atoms with van der Waals surface area (Å²) in [5.74, 6) is -0.787. The third-order valence-corrected chi connectivity index (χ3v) is 2.59. The van der Waals surface area contributed by atoms with Gasteiger partial charge in [-0.05, 0) is 32.0 Å². The fraction of sp³-hybridized carbons (Fsp3) is 0.462. The molecule has 1 rings (SSSR count). The summed E-state index contributed by atoms with van der Waals surface area (Å²) in [7, 11) is 0. The van der Waals surface area contributed by atoms with Crippen molar-refractivity contribution in [3.8, 4) is 0 Å². The highest BCUT2D eigenvalue weighted by Gasteiger charge is 2.13. The summed E-state index contributed by atoms with van der Waals surface area (Å²) in [6, 6.07) is 3.34. The van der Waals surface area contributed by atoms with Crippen LogP contribution in [0.2, 0.25) is 0 Å². The van der Waals surface area contributed by atoms with Crippen LogP contribution in [-0.2, 0) is 16.1 Å². The highest BCUT2D eigenvalue weighted by molar-refractivity contribution is 5.69. The summed E-state index contributed by atoms with van der Waals surface area (Å²) in [4.78, 5) is 21.3. The molecule has 0 unspecified atom stereocenters. The van der Waals surface area contributed by atoms with Crippen molar-refractivity contribution in [3.05, 3.63) is 39.7 Å². The molecule has 1 aromatic rings. The van der Waals surface area contributed by atoms with Crippen LogP contribution in [0.15, 0.2) is 18.2 Å². The summed E-state index contributed by atoms with van der Waals surface area (Å²) < 4.78 is 17.8. The van der Waals surface area contributed by atoms with Gasteiger partial charge in [0, 0.05) is 24.6 Å². The van der Waals surface area contributed by atoms with Gasteiger partial charge in [-0.1, -0.05) is 0 Å². The van der Waals surface area contributed by atoms with Crippen molar-refractivity contribution >= 4 is 11.7 Å². The molecule has 0 bridgehead atoms. The van der Waals surface area contributed by atoms with Gasteiger partial charge in [-0.15, -0.1) is 0 Å². The number of esters is 1. The first-order valence-electron chi connectivity index (χ1n) is 6.33. The van der Waals surface area contributed by atoms with E-state index in [-0.39, 0.29) is 30.2 Å². The Bertz CT molecular complexity index is 479. The number of rotatable bonds is 8. The van der Waals surface area contributed by atoms with Crippen molar-refractivity contribution in [1.82, 2.24) is 5.32 Å². The van der Waals surface area contributed by atoms with Crippen LogP contribution in [0.3, 0.4) is 0 Å². The second-order valence-electron chi connectivity index (χ2n) is 4.12. The van der Waals surface area contributed by atoms with Gasteiger partial charge in [-0.3, -0.25) is 14.9 Å². The molecule has 0 aliphatic rings. The number of carbonyl (C=O) groups excluding carboxylic acids is 1. The lowest BCUT2D eigenvalue weighted by Crippen LogP contribution is -2.17. The van der Waals surface area contributed by atoms with E-state index in [4.69, 9.17) is 4.74 Å². The van der Waals surface area contributed by atoms with E-state index in [0.29, 0.717) is 19.6 Å². The molecule has 0 radical (unpaired) electrons. The number of nitro benzene ring substituents is 1. The molecule has 0 saturated heterocycles. The molecule has 7 heteroatoms. The van der Waals surface area contributed by atoms with E-state index in [1.165, 1.54) is 0 Å². The lowest BCUT2D eigenvalue weighted by Gasteiger charge is -2.06. The van der Waals surface area contributed by atoms with Gasteiger partial charge >= 0.3 is 5.97 Å². The third-order valence-electron chi connectivity index (χ3n) is 2.59. The lowest BCUT2D eigenvalue weighted by atomic mass is 10.1. The minimum absolute atomic E-state index is 0.121. The van der Waals surface area contributed by atoms with Crippen LogP contribution < -0.4 is 5.32 Å². The molecular formula is C13H17FN2O4. The first kappa shape index (κ1) is 16.0. The number of ether oxygens (including phenoxy) is 1. The Morgan fingerprint density at radius 2 is 2.25 bits per heavy atom. The molecule has 110 valence electrons. The molecule has 1 aromatic carbocycles. The average Bonchev–Trinajstić information content (AvgIpc) is 2.38. The topological polar surface area (TPSA) is 81.5 Å². The van der Waals surface area contributed by atoms with E-state index < -0.39 is 10.7 Å². The van der Waals surface area contributed by atoms with Gasteiger partial charge in [0.1, 0.15) is 5.82 Å². The second-order valence-corrected chi connectivity index (χ2v) is 4.12. The van der Waals surface area contributed by atoms with E-state index in [0.717, 1.165) is 18.2 Å². The number of carbonyl (C=O) groups is 1. The SMILES string of the molecule is CCOC(=O)CCCNCc1cc(F)ccc1[N+](=O)[O-]. The molecule has 0 atom stereocenters. The number of nitrogens with one attached hydrogen (secondary N) is 1. The van der Waals surface area contributed by atoms with E-state index in [1.807, 2.05) is 0 Å². The van der Waals surface area contributed by atoms with E-state index >= 15 is 0 Å². The quantitative estimate of drug-likeness (QED) is 0.342. The van der Waals surface area contributed by atoms with Crippen LogP contribution in [0.1, 0.15) is 25.3 Å². The number of halogens is 1. The van der Waals surface area contributed by atoms with Gasteiger partial charge < -0.3 is 10.1 Å². The number of nitro groups is 1. The molecule has 6 nitrogen and oxygen atoms in total. The molecular weight excluding hydrogens is 267 g/mol. The molecule has 0 saturated carbocycles. The van der Waals surface area contributed by atoms with Crippen molar-refractivity contribution < 1.29 is 18.8 Å². The van der Waals surface area contributed by atoms with E-state index in [1.54, 1.807) is 6.92 Å². The predicted molar refractivity (Wildman–Crippen MR) is 70.6 cm³/mol. The van der Waals surface area contributed by atoms with Gasteiger partial charge in [-0.2, -0.15) is 0 Å². The van der Waals surface area contributed by atoms with E-state index in [2.05, 4.69) is 5.32 Å². The maximum absolute atomic E-state index is 13.1. The van der Waals surface area contributed by atoms with Crippen LogP contribution >= 0.6 is 0 Å². The van der Waals surface area contributed by atoms with Gasteiger partial charge in [0.15, 0.2) is 0 Å². The minimum Gasteiger partial charge on any atom is -0.466 e. The molecule has 0 heterocycles. The van der Waals surface area contributed by atoms with Gasteiger partial charge in [0.2, 0.25) is 0 Å². The molecule has 0 aliphatic heterocycles. The molecule has 1 N–H and O–H groups in total. The van der Waals surface area contributed by atoms with Crippen LogP contribution in [0.25, 0.3) is 0 Å². The van der Waals surface area contributed by atoms with Crippen molar-refractivity contribution in [2.75, 3.05) is 13.2 Å². The normalized spacial score (nSPS) is 10.3. The monoisotopic (exact) mass is 284 g/mol. The smallest absolute Gasteiger partial charge is 0.305 e. The van der Waals surface area contributed by atoms with Gasteiger partial charge in [0.25, 0.3) is 5.69 Å². The second kappa shape index (κ2) is 8.21. The molecule has 0 aliphatic carbocycles. The number of hydrogen-bond acceptors (Lipinski definition) is 5. The zero-order valence-electron chi connectivity index (χ0n) is 11.2. The maximum atomic E-state index is 13.1. The largest absolute Gasteiger partial charge is 0.466 e. The Labute approximate surface area is 116 Å². The zero-order valence-corrected chi connectivity index (χ0v) is 11.2. The maximum Gasteiger partial charge on any atom is 0.305 e. The van der Waals surface area contributed by atoms with Crippen LogP contribution in [0, 0.1) is 15.9 Å². The number of hydrogen-bond donors (Lipinski definition) is 1. The van der Waals surface area contributed by atoms with Crippen molar-refractivity contribution in [2.45, 2.75) is 26.3 Å². The lowest BCUT2D eigenvalue weighted by molar-refractivity contribution is -0.385. The molecule has 0 amide bonds. The first-order valence-corrected chi connectivity index (χ1v) is 6.33. The van der Waals surface area contributed by atoms with Crippen LogP contribution in [0.5, 0.6) is 0 Å². The summed E-state index contributed by atoms with van der Waals surface area (Å²) in [5.41, 5.74) is 0.162. The standard InChI is InChI=1S/C13H17FN2O4/c1-2-20-13(17)4-3-7-15-9-10-8-11(14)5-6-12(10)16(18)19/h5-6,8,15H,2-4,7,9H2,1H3. The molecule has 20 heavy (non-hydrogen) atoms. The summed E-state index contributed by atoms with van der Waals surface area (Å²) in [5, 5.41) is 13.7. The first-order chi connectivity index (χ1) is 9.54. The molecule has 0 spiro atoms. The Hall–Kier alpha value is -2.02. The molecule has 0 fully saturated rings. The highest BCUT2D eigenvalue weighted by Crippen LogP contribution is 2.19. The Morgan fingerprint density at radius 3 is 2.90 bits per heavy atom. The van der Waals surface area contributed by atoms with Crippen molar-refractivity contribution in [2.24, 2.45) is 0 Å². The zero-order chi connectivity index (χ0) is 15.0. The predicted octanol–water partition coefficient (Wildman–Crippen LogP) is 2.17. The summed E-state index contributed by atoms with van der Waals surface area (Å²) in [6.45, 7) is 2.75. The Kier molecular flexibility index (Phi) is 6.58. The summed E-state index contributed by atoms with van der Waals surface area (Å²) in [6.07, 6.45) is 0.841. The average molecular weight is 284 g/mol. The van der Waals surface area contributed by atoms with Crippen LogP contribution in [0.4, 0.5) is 10.1 Å². The molecule has 0 aromatic heterocycles. The Balaban J connectivity index is 2.40. The highest BCUT2D eigenvalue weighted by atomic mass is 19.1. The minimum atomic E-state index is -0.547. The summed E-state index contributed by atoms with van der Waals surface area (Å²) >= 11 is 0. The Morgan fingerprint density at radius 1 is 1.50 bits per heavy atom. The van der Waals surface area contributed by atoms with Crippen LogP contribution in [-0.4, -0.2) is 24.0 Å². The van der Waals surface area contributed by atoms with Crippen molar-refractivity contribution in [3.63, 3.8) is 0 Å².